The fourth-order valence-electron chi connectivity index (χ4n) is 2.72. The Hall–Kier alpha value is -0.0800. The Labute approximate surface area is 121 Å². The average Bonchev–Trinajstić information content (AvgIpc) is 2.37. The first-order valence-corrected chi connectivity index (χ1v) is 8.39. The maximum absolute atomic E-state index is 5.98. The van der Waals surface area contributed by atoms with Gasteiger partial charge in [0.1, 0.15) is 0 Å². The van der Waals surface area contributed by atoms with Crippen LogP contribution >= 0.6 is 0 Å². The lowest BCUT2D eigenvalue weighted by Gasteiger charge is -2.37. The van der Waals surface area contributed by atoms with Crippen molar-refractivity contribution in [2.75, 3.05) is 13.2 Å². The Morgan fingerprint density at radius 1 is 1.05 bits per heavy atom. The maximum Gasteiger partial charge on any atom is 0.0778 e. The van der Waals surface area contributed by atoms with Crippen molar-refractivity contribution in [2.45, 2.75) is 91.7 Å². The summed E-state index contributed by atoms with van der Waals surface area (Å²) in [6, 6.07) is 0.467. The van der Waals surface area contributed by atoms with E-state index in [4.69, 9.17) is 4.74 Å². The molecule has 0 spiro atoms. The highest BCUT2D eigenvalue weighted by Crippen LogP contribution is 2.26. The van der Waals surface area contributed by atoms with E-state index in [1.54, 1.807) is 0 Å². The van der Waals surface area contributed by atoms with Crippen molar-refractivity contribution >= 4 is 0 Å². The largest absolute Gasteiger partial charge is 0.374 e. The number of hydrogen-bond acceptors (Lipinski definition) is 2. The molecule has 2 nitrogen and oxygen atoms in total. The van der Waals surface area contributed by atoms with Crippen molar-refractivity contribution in [3.8, 4) is 0 Å². The van der Waals surface area contributed by atoms with E-state index in [2.05, 4.69) is 46.9 Å². The quantitative estimate of drug-likeness (QED) is 0.552. The molecule has 0 heterocycles. The van der Waals surface area contributed by atoms with Crippen LogP contribution in [0, 0.1) is 5.92 Å². The van der Waals surface area contributed by atoms with E-state index in [9.17, 15) is 0 Å². The Bertz CT molecular complexity index is 203. The molecule has 0 aromatic rings. The Kier molecular flexibility index (Phi) is 10.6. The van der Waals surface area contributed by atoms with Crippen LogP contribution in [0.4, 0.5) is 0 Å². The molecule has 2 atom stereocenters. The highest BCUT2D eigenvalue weighted by Gasteiger charge is 2.31. The minimum Gasteiger partial charge on any atom is -0.374 e. The molecular formula is C17H37NO. The zero-order valence-corrected chi connectivity index (χ0v) is 14.2. The summed E-state index contributed by atoms with van der Waals surface area (Å²) in [6.07, 6.45) is 7.73. The van der Waals surface area contributed by atoms with Gasteiger partial charge < -0.3 is 10.1 Å². The maximum atomic E-state index is 5.98. The molecule has 0 rings (SSSR count). The number of rotatable bonds is 12. The number of unbranched alkanes of at least 4 members (excludes halogenated alkanes) is 1. The number of nitrogens with one attached hydrogen (secondary N) is 1. The second kappa shape index (κ2) is 10.7. The summed E-state index contributed by atoms with van der Waals surface area (Å²) in [4.78, 5) is 0. The average molecular weight is 271 g/mol. The highest BCUT2D eigenvalue weighted by atomic mass is 16.5. The number of ether oxygens (including phenoxy) is 1. The molecule has 0 fully saturated rings. The molecule has 0 saturated carbocycles. The minimum absolute atomic E-state index is 0.0659. The first kappa shape index (κ1) is 18.9. The third kappa shape index (κ3) is 7.94. The van der Waals surface area contributed by atoms with Crippen LogP contribution in [-0.2, 0) is 4.74 Å². The molecule has 0 aliphatic rings. The standard InChI is InChI=1S/C17H37NO/c1-7-11-12-15(9-3)14-16(18-13-8-2)17(5,6)19-10-4/h15-16,18H,7-14H2,1-6H3. The van der Waals surface area contributed by atoms with Gasteiger partial charge in [-0.05, 0) is 46.1 Å². The summed E-state index contributed by atoms with van der Waals surface area (Å²) in [5.41, 5.74) is -0.0659. The minimum atomic E-state index is -0.0659. The fourth-order valence-corrected chi connectivity index (χ4v) is 2.72. The molecule has 116 valence electrons. The van der Waals surface area contributed by atoms with Gasteiger partial charge in [-0.2, -0.15) is 0 Å². The van der Waals surface area contributed by atoms with Crippen molar-refractivity contribution in [1.29, 1.82) is 0 Å². The van der Waals surface area contributed by atoms with Crippen LogP contribution in [0.15, 0.2) is 0 Å². The summed E-state index contributed by atoms with van der Waals surface area (Å²) >= 11 is 0. The smallest absolute Gasteiger partial charge is 0.0778 e. The van der Waals surface area contributed by atoms with Crippen LogP contribution in [0.3, 0.4) is 0 Å². The van der Waals surface area contributed by atoms with E-state index in [0.717, 1.165) is 19.1 Å². The highest BCUT2D eigenvalue weighted by molar-refractivity contribution is 4.87. The lowest BCUT2D eigenvalue weighted by Crippen LogP contribution is -2.49. The monoisotopic (exact) mass is 271 g/mol. The van der Waals surface area contributed by atoms with Gasteiger partial charge in [-0.15, -0.1) is 0 Å². The zero-order chi connectivity index (χ0) is 14.7. The van der Waals surface area contributed by atoms with Crippen molar-refractivity contribution in [3.63, 3.8) is 0 Å². The van der Waals surface area contributed by atoms with Gasteiger partial charge in [-0.1, -0.05) is 46.5 Å². The summed E-state index contributed by atoms with van der Waals surface area (Å²) in [5, 5.41) is 3.71. The third-order valence-corrected chi connectivity index (χ3v) is 4.11. The van der Waals surface area contributed by atoms with E-state index in [1.807, 2.05) is 0 Å². The van der Waals surface area contributed by atoms with Crippen molar-refractivity contribution in [3.05, 3.63) is 0 Å². The van der Waals surface area contributed by atoms with Gasteiger partial charge in [0, 0.05) is 12.6 Å². The van der Waals surface area contributed by atoms with Gasteiger partial charge in [-0.3, -0.25) is 0 Å². The van der Waals surface area contributed by atoms with Crippen LogP contribution in [0.5, 0.6) is 0 Å². The lowest BCUT2D eigenvalue weighted by molar-refractivity contribution is -0.0440. The number of hydrogen-bond donors (Lipinski definition) is 1. The van der Waals surface area contributed by atoms with Crippen molar-refractivity contribution < 1.29 is 4.74 Å². The van der Waals surface area contributed by atoms with Crippen molar-refractivity contribution in [1.82, 2.24) is 5.32 Å². The molecule has 2 unspecified atom stereocenters. The molecule has 0 aromatic carbocycles. The molecule has 2 heteroatoms. The summed E-state index contributed by atoms with van der Waals surface area (Å²) < 4.78 is 5.98. The summed E-state index contributed by atoms with van der Waals surface area (Å²) in [7, 11) is 0. The van der Waals surface area contributed by atoms with E-state index in [-0.39, 0.29) is 5.60 Å². The molecule has 0 bridgehead atoms. The van der Waals surface area contributed by atoms with Gasteiger partial charge in [0.25, 0.3) is 0 Å². The lowest BCUT2D eigenvalue weighted by atomic mass is 9.85. The molecule has 0 aliphatic carbocycles. The van der Waals surface area contributed by atoms with Gasteiger partial charge in [0.05, 0.1) is 5.60 Å². The molecule has 0 aromatic heterocycles. The van der Waals surface area contributed by atoms with E-state index in [1.165, 1.54) is 38.5 Å². The van der Waals surface area contributed by atoms with E-state index >= 15 is 0 Å². The van der Waals surface area contributed by atoms with Crippen molar-refractivity contribution in [2.24, 2.45) is 5.92 Å². The second-order valence-electron chi connectivity index (χ2n) is 6.20. The predicted molar refractivity (Wildman–Crippen MR) is 85.7 cm³/mol. The predicted octanol–water partition coefficient (Wildman–Crippen LogP) is 4.78. The van der Waals surface area contributed by atoms with E-state index in [0.29, 0.717) is 6.04 Å². The van der Waals surface area contributed by atoms with E-state index < -0.39 is 0 Å². The fraction of sp³-hybridized carbons (Fsp3) is 1.00. The third-order valence-electron chi connectivity index (χ3n) is 4.11. The molecule has 0 amide bonds. The zero-order valence-electron chi connectivity index (χ0n) is 14.2. The van der Waals surface area contributed by atoms with Crippen LogP contribution in [-0.4, -0.2) is 24.8 Å². The van der Waals surface area contributed by atoms with Gasteiger partial charge in [0.15, 0.2) is 0 Å². The molecule has 0 aliphatic heterocycles. The van der Waals surface area contributed by atoms with Crippen LogP contribution in [0.1, 0.15) is 80.1 Å². The Morgan fingerprint density at radius 3 is 2.21 bits per heavy atom. The van der Waals surface area contributed by atoms with Crippen LogP contribution in [0.2, 0.25) is 0 Å². The van der Waals surface area contributed by atoms with Crippen LogP contribution in [0.25, 0.3) is 0 Å². The molecule has 1 N–H and O–H groups in total. The normalized spacial score (nSPS) is 15.5. The van der Waals surface area contributed by atoms with Gasteiger partial charge in [0.2, 0.25) is 0 Å². The Morgan fingerprint density at radius 2 is 1.74 bits per heavy atom. The van der Waals surface area contributed by atoms with Gasteiger partial charge >= 0.3 is 0 Å². The molecule has 19 heavy (non-hydrogen) atoms. The first-order valence-electron chi connectivity index (χ1n) is 8.39. The van der Waals surface area contributed by atoms with Gasteiger partial charge in [-0.25, -0.2) is 0 Å². The molecular weight excluding hydrogens is 234 g/mol. The summed E-state index contributed by atoms with van der Waals surface area (Å²) in [5.74, 6) is 0.828. The first-order chi connectivity index (χ1) is 9.01. The SMILES string of the molecule is CCCCC(CC)CC(NCCC)C(C)(C)OCC. The topological polar surface area (TPSA) is 21.3 Å². The summed E-state index contributed by atoms with van der Waals surface area (Å²) in [6.45, 7) is 15.3. The Balaban J connectivity index is 4.54. The second-order valence-corrected chi connectivity index (χ2v) is 6.20. The molecule has 0 saturated heterocycles. The van der Waals surface area contributed by atoms with Crippen LogP contribution < -0.4 is 5.32 Å². The molecule has 0 radical (unpaired) electrons.